The van der Waals surface area contributed by atoms with Gasteiger partial charge in [-0.2, -0.15) is 0 Å². The van der Waals surface area contributed by atoms with Crippen molar-refractivity contribution in [3.05, 3.63) is 42.0 Å². The molecule has 0 aliphatic carbocycles. The highest BCUT2D eigenvalue weighted by atomic mass is 16.3. The van der Waals surface area contributed by atoms with Crippen molar-refractivity contribution >= 4 is 6.08 Å². The fourth-order valence-electron chi connectivity index (χ4n) is 0.757. The van der Waals surface area contributed by atoms with Crippen LogP contribution in [0.25, 0.3) is 6.08 Å². The predicted molar refractivity (Wildman–Crippen MR) is 58.5 cm³/mol. The molecule has 0 radical (unpaired) electrons. The lowest BCUT2D eigenvalue weighted by atomic mass is 10.2. The second-order valence-corrected chi connectivity index (χ2v) is 3.00. The van der Waals surface area contributed by atoms with Crippen molar-refractivity contribution in [2.75, 3.05) is 0 Å². The lowest BCUT2D eigenvalue weighted by Crippen LogP contribution is -1.85. The summed E-state index contributed by atoms with van der Waals surface area (Å²) in [7, 11) is 0. The van der Waals surface area contributed by atoms with Crippen LogP contribution < -0.4 is 0 Å². The molecule has 0 unspecified atom stereocenters. The number of benzene rings is 1. The van der Waals surface area contributed by atoms with Crippen molar-refractivity contribution in [2.45, 2.75) is 26.9 Å². The molecule has 0 atom stereocenters. The van der Waals surface area contributed by atoms with Gasteiger partial charge in [-0.1, -0.05) is 42.5 Å². The Balaban J connectivity index is 0.000000310. The van der Waals surface area contributed by atoms with Gasteiger partial charge >= 0.3 is 0 Å². The van der Waals surface area contributed by atoms with E-state index in [1.54, 1.807) is 13.8 Å². The molecule has 1 aromatic carbocycles. The van der Waals surface area contributed by atoms with E-state index >= 15 is 0 Å². The van der Waals surface area contributed by atoms with Gasteiger partial charge < -0.3 is 5.11 Å². The van der Waals surface area contributed by atoms with E-state index in [0.717, 1.165) is 0 Å². The van der Waals surface area contributed by atoms with Gasteiger partial charge in [0.05, 0.1) is 0 Å². The second-order valence-electron chi connectivity index (χ2n) is 3.00. The molecule has 13 heavy (non-hydrogen) atoms. The fourth-order valence-corrected chi connectivity index (χ4v) is 0.757. The number of rotatable bonds is 1. The lowest BCUT2D eigenvalue weighted by Gasteiger charge is -1.86. The summed E-state index contributed by atoms with van der Waals surface area (Å²) in [6.45, 7) is 5.47. The van der Waals surface area contributed by atoms with Crippen LogP contribution >= 0.6 is 0 Å². The minimum Gasteiger partial charge on any atom is -0.394 e. The quantitative estimate of drug-likeness (QED) is 0.700. The molecule has 1 aromatic rings. The highest BCUT2D eigenvalue weighted by Gasteiger charge is 1.77. The Labute approximate surface area is 80.7 Å². The molecule has 0 aromatic heterocycles. The van der Waals surface area contributed by atoms with Crippen molar-refractivity contribution in [1.29, 1.82) is 0 Å². The van der Waals surface area contributed by atoms with Crippen LogP contribution in [-0.4, -0.2) is 11.2 Å². The molecular formula is C12H18O. The first-order chi connectivity index (χ1) is 6.16. The first-order valence-electron chi connectivity index (χ1n) is 4.52. The SMILES string of the molecule is C/C=C/c1ccccc1.CC(C)O. The summed E-state index contributed by atoms with van der Waals surface area (Å²) in [6, 6.07) is 10.3. The van der Waals surface area contributed by atoms with Gasteiger partial charge in [-0.05, 0) is 26.3 Å². The van der Waals surface area contributed by atoms with Crippen LogP contribution in [0.15, 0.2) is 36.4 Å². The van der Waals surface area contributed by atoms with E-state index in [2.05, 4.69) is 18.2 Å². The Morgan fingerprint density at radius 1 is 1.15 bits per heavy atom. The third-order valence-electron chi connectivity index (χ3n) is 1.16. The van der Waals surface area contributed by atoms with Crippen molar-refractivity contribution < 1.29 is 5.11 Å². The van der Waals surface area contributed by atoms with Crippen LogP contribution in [0.1, 0.15) is 26.3 Å². The van der Waals surface area contributed by atoms with Crippen molar-refractivity contribution in [3.8, 4) is 0 Å². The van der Waals surface area contributed by atoms with Crippen LogP contribution in [0.2, 0.25) is 0 Å². The molecule has 0 spiro atoms. The molecular weight excluding hydrogens is 160 g/mol. The van der Waals surface area contributed by atoms with E-state index in [4.69, 9.17) is 5.11 Å². The van der Waals surface area contributed by atoms with E-state index in [1.165, 1.54) is 5.56 Å². The second kappa shape index (κ2) is 7.56. The van der Waals surface area contributed by atoms with Crippen LogP contribution in [0.4, 0.5) is 0 Å². The molecule has 0 bridgehead atoms. The number of aliphatic hydroxyl groups is 1. The minimum atomic E-state index is -0.167. The van der Waals surface area contributed by atoms with Crippen LogP contribution in [0.5, 0.6) is 0 Å². The molecule has 0 aliphatic rings. The first kappa shape index (κ1) is 11.9. The number of hydrogen-bond donors (Lipinski definition) is 1. The standard InChI is InChI=1S/C9H10.C3H8O/c1-2-6-9-7-4-3-5-8-9;1-3(2)4/h2-8H,1H3;3-4H,1-2H3/b6-2+;. The highest BCUT2D eigenvalue weighted by molar-refractivity contribution is 5.47. The Kier molecular flexibility index (Phi) is 6.93. The zero-order valence-electron chi connectivity index (χ0n) is 8.57. The maximum absolute atomic E-state index is 8.06. The molecule has 0 fully saturated rings. The van der Waals surface area contributed by atoms with E-state index in [9.17, 15) is 0 Å². The highest BCUT2D eigenvalue weighted by Crippen LogP contribution is 1.99. The molecule has 72 valence electrons. The smallest absolute Gasteiger partial charge is 0.0483 e. The molecule has 0 saturated carbocycles. The number of allylic oxidation sites excluding steroid dienone is 1. The summed E-state index contributed by atoms with van der Waals surface area (Å²) in [5, 5.41) is 8.06. The average molecular weight is 178 g/mol. The first-order valence-corrected chi connectivity index (χ1v) is 4.52. The lowest BCUT2D eigenvalue weighted by molar-refractivity contribution is 0.216. The van der Waals surface area contributed by atoms with Gasteiger partial charge in [0.1, 0.15) is 0 Å². The van der Waals surface area contributed by atoms with E-state index in [0.29, 0.717) is 0 Å². The fraction of sp³-hybridized carbons (Fsp3) is 0.333. The van der Waals surface area contributed by atoms with E-state index in [1.807, 2.05) is 31.2 Å². The summed E-state index contributed by atoms with van der Waals surface area (Å²) in [6.07, 6.45) is 3.95. The van der Waals surface area contributed by atoms with Gasteiger partial charge in [0, 0.05) is 6.10 Å². The zero-order chi connectivity index (χ0) is 10.1. The Morgan fingerprint density at radius 2 is 1.62 bits per heavy atom. The van der Waals surface area contributed by atoms with Crippen LogP contribution in [0, 0.1) is 0 Å². The molecule has 1 rings (SSSR count). The van der Waals surface area contributed by atoms with Gasteiger partial charge in [-0.25, -0.2) is 0 Å². The average Bonchev–Trinajstić information content (AvgIpc) is 2.06. The molecule has 1 N–H and O–H groups in total. The van der Waals surface area contributed by atoms with Gasteiger partial charge in [-0.15, -0.1) is 0 Å². The topological polar surface area (TPSA) is 20.2 Å². The maximum Gasteiger partial charge on any atom is 0.0483 e. The minimum absolute atomic E-state index is 0.167. The van der Waals surface area contributed by atoms with Crippen molar-refractivity contribution in [1.82, 2.24) is 0 Å². The van der Waals surface area contributed by atoms with Crippen LogP contribution in [-0.2, 0) is 0 Å². The predicted octanol–water partition coefficient (Wildman–Crippen LogP) is 3.11. The molecule has 1 nitrogen and oxygen atoms in total. The van der Waals surface area contributed by atoms with Gasteiger partial charge in [0.2, 0.25) is 0 Å². The monoisotopic (exact) mass is 178 g/mol. The molecule has 0 heterocycles. The summed E-state index contributed by atoms with van der Waals surface area (Å²) < 4.78 is 0. The number of hydrogen-bond acceptors (Lipinski definition) is 1. The molecule has 1 heteroatoms. The maximum atomic E-state index is 8.06. The Bertz CT molecular complexity index is 221. The Hall–Kier alpha value is -1.08. The van der Waals surface area contributed by atoms with Crippen LogP contribution in [0.3, 0.4) is 0 Å². The largest absolute Gasteiger partial charge is 0.394 e. The van der Waals surface area contributed by atoms with Crippen molar-refractivity contribution in [3.63, 3.8) is 0 Å². The third kappa shape index (κ3) is 8.83. The van der Waals surface area contributed by atoms with Crippen molar-refractivity contribution in [2.24, 2.45) is 0 Å². The van der Waals surface area contributed by atoms with E-state index < -0.39 is 0 Å². The summed E-state index contributed by atoms with van der Waals surface area (Å²) in [4.78, 5) is 0. The van der Waals surface area contributed by atoms with E-state index in [-0.39, 0.29) is 6.10 Å². The van der Waals surface area contributed by atoms with Gasteiger partial charge in [0.25, 0.3) is 0 Å². The number of aliphatic hydroxyl groups excluding tert-OH is 1. The summed E-state index contributed by atoms with van der Waals surface area (Å²) >= 11 is 0. The zero-order valence-corrected chi connectivity index (χ0v) is 8.57. The van der Waals surface area contributed by atoms with Gasteiger partial charge in [-0.3, -0.25) is 0 Å². The molecule has 0 saturated heterocycles. The third-order valence-corrected chi connectivity index (χ3v) is 1.16. The summed E-state index contributed by atoms with van der Waals surface area (Å²) in [5.41, 5.74) is 1.26. The Morgan fingerprint density at radius 3 is 2.00 bits per heavy atom. The molecule has 0 amide bonds. The summed E-state index contributed by atoms with van der Waals surface area (Å²) in [5.74, 6) is 0. The van der Waals surface area contributed by atoms with Gasteiger partial charge in [0.15, 0.2) is 0 Å². The normalized spacial score (nSPS) is 9.92. The molecule has 0 aliphatic heterocycles.